The second-order valence-electron chi connectivity index (χ2n) is 4.69. The maximum absolute atomic E-state index is 11.2. The van der Waals surface area contributed by atoms with Crippen LogP contribution in [0.2, 0.25) is 0 Å². The van der Waals surface area contributed by atoms with Gasteiger partial charge < -0.3 is 9.84 Å². The molecule has 0 saturated heterocycles. The number of hydrogen-bond donors (Lipinski definition) is 1. The van der Waals surface area contributed by atoms with Crippen molar-refractivity contribution in [1.29, 1.82) is 0 Å². The molecule has 0 spiro atoms. The zero-order valence-corrected chi connectivity index (χ0v) is 10.1. The fraction of sp³-hybridized carbons (Fsp3) is 0.500. The minimum atomic E-state index is -0.662. The molecule has 1 saturated carbocycles. The molecule has 1 N–H and O–H groups in total. The summed E-state index contributed by atoms with van der Waals surface area (Å²) >= 11 is 0. The highest BCUT2D eigenvalue weighted by Crippen LogP contribution is 2.35. The highest BCUT2D eigenvalue weighted by Gasteiger charge is 2.32. The smallest absolute Gasteiger partial charge is 0.307 e. The Balaban J connectivity index is 2.03. The summed E-state index contributed by atoms with van der Waals surface area (Å²) in [6.45, 7) is 0. The molecule has 0 amide bonds. The molecule has 92 valence electrons. The second-order valence-corrected chi connectivity index (χ2v) is 4.69. The van der Waals surface area contributed by atoms with E-state index < -0.39 is 5.97 Å². The number of benzene rings is 1. The molecule has 1 aliphatic rings. The predicted molar refractivity (Wildman–Crippen MR) is 65.2 cm³/mol. The topological polar surface area (TPSA) is 46.5 Å². The molecular weight excluding hydrogens is 216 g/mol. The van der Waals surface area contributed by atoms with Crippen LogP contribution in [0.5, 0.6) is 5.75 Å². The molecule has 1 aromatic rings. The molecule has 0 aromatic heterocycles. The van der Waals surface area contributed by atoms with Crippen LogP contribution < -0.4 is 4.74 Å². The zero-order valence-electron chi connectivity index (χ0n) is 10.1. The van der Waals surface area contributed by atoms with Crippen LogP contribution >= 0.6 is 0 Å². The normalized spacial score (nSPS) is 17.2. The van der Waals surface area contributed by atoms with Gasteiger partial charge in [0.15, 0.2) is 0 Å². The zero-order chi connectivity index (χ0) is 12.3. The van der Waals surface area contributed by atoms with Crippen LogP contribution in [0.4, 0.5) is 0 Å². The second kappa shape index (κ2) is 5.21. The molecule has 2 rings (SSSR count). The van der Waals surface area contributed by atoms with E-state index in [1.54, 1.807) is 7.11 Å². The van der Waals surface area contributed by atoms with Gasteiger partial charge in [-0.3, -0.25) is 4.79 Å². The number of aliphatic carboxylic acids is 1. The number of carboxylic acids is 1. The summed E-state index contributed by atoms with van der Waals surface area (Å²) in [4.78, 5) is 11.2. The minimum Gasteiger partial charge on any atom is -0.497 e. The number of hydrogen-bond acceptors (Lipinski definition) is 2. The molecule has 3 heteroatoms. The Labute approximate surface area is 101 Å². The summed E-state index contributed by atoms with van der Waals surface area (Å²) < 4.78 is 5.09. The third-order valence-electron chi connectivity index (χ3n) is 3.65. The van der Waals surface area contributed by atoms with E-state index in [2.05, 4.69) is 0 Å². The minimum absolute atomic E-state index is 0.225. The van der Waals surface area contributed by atoms with Gasteiger partial charge in [-0.25, -0.2) is 0 Å². The van der Waals surface area contributed by atoms with Gasteiger partial charge in [-0.1, -0.05) is 18.6 Å². The molecule has 1 atom stereocenters. The average Bonchev–Trinajstić information content (AvgIpc) is 2.26. The molecule has 3 nitrogen and oxygen atoms in total. The summed E-state index contributed by atoms with van der Waals surface area (Å²) in [5.41, 5.74) is 1.07. The molecule has 0 heterocycles. The highest BCUT2D eigenvalue weighted by atomic mass is 16.5. The summed E-state index contributed by atoms with van der Waals surface area (Å²) in [6.07, 6.45) is 3.93. The number of carbonyl (C=O) groups is 1. The van der Waals surface area contributed by atoms with Gasteiger partial charge in [0.25, 0.3) is 0 Å². The lowest BCUT2D eigenvalue weighted by Crippen LogP contribution is -2.30. The van der Waals surface area contributed by atoms with E-state index in [0.29, 0.717) is 12.3 Å². The Morgan fingerprint density at radius 3 is 2.47 bits per heavy atom. The van der Waals surface area contributed by atoms with Gasteiger partial charge >= 0.3 is 5.97 Å². The summed E-state index contributed by atoms with van der Waals surface area (Å²) in [5.74, 6) is 0.293. The Morgan fingerprint density at radius 2 is 2.06 bits per heavy atom. The lowest BCUT2D eigenvalue weighted by atomic mass is 9.73. The van der Waals surface area contributed by atoms with E-state index in [1.165, 1.54) is 6.42 Å². The van der Waals surface area contributed by atoms with Crippen LogP contribution in [0.15, 0.2) is 24.3 Å². The molecular formula is C14H18O3. The number of rotatable bonds is 5. The highest BCUT2D eigenvalue weighted by molar-refractivity contribution is 5.71. The SMILES string of the molecule is COc1ccc(CC(C(=O)O)C2CCC2)cc1. The van der Waals surface area contributed by atoms with Crippen molar-refractivity contribution in [2.24, 2.45) is 11.8 Å². The van der Waals surface area contributed by atoms with E-state index in [4.69, 9.17) is 4.74 Å². The molecule has 1 fully saturated rings. The van der Waals surface area contributed by atoms with E-state index in [0.717, 1.165) is 24.2 Å². The fourth-order valence-electron chi connectivity index (χ4n) is 2.31. The van der Waals surface area contributed by atoms with Crippen molar-refractivity contribution in [2.45, 2.75) is 25.7 Å². The third kappa shape index (κ3) is 2.78. The van der Waals surface area contributed by atoms with Gasteiger partial charge in [0, 0.05) is 0 Å². The van der Waals surface area contributed by atoms with Crippen LogP contribution in [0.1, 0.15) is 24.8 Å². The summed E-state index contributed by atoms with van der Waals surface area (Å²) in [7, 11) is 1.63. The van der Waals surface area contributed by atoms with Gasteiger partial charge in [0.05, 0.1) is 13.0 Å². The standard InChI is InChI=1S/C14H18O3/c1-17-12-7-5-10(6-8-12)9-13(14(15)16)11-3-2-4-11/h5-8,11,13H,2-4,9H2,1H3,(H,15,16). The lowest BCUT2D eigenvalue weighted by Gasteiger charge is -2.31. The van der Waals surface area contributed by atoms with Crippen molar-refractivity contribution in [1.82, 2.24) is 0 Å². The van der Waals surface area contributed by atoms with Gasteiger partial charge in [0.1, 0.15) is 5.75 Å². The van der Waals surface area contributed by atoms with Gasteiger partial charge in [-0.05, 0) is 42.9 Å². The molecule has 1 unspecified atom stereocenters. The van der Waals surface area contributed by atoms with E-state index in [9.17, 15) is 9.90 Å². The Morgan fingerprint density at radius 1 is 1.41 bits per heavy atom. The molecule has 1 aliphatic carbocycles. The van der Waals surface area contributed by atoms with Crippen molar-refractivity contribution in [3.05, 3.63) is 29.8 Å². The molecule has 0 aliphatic heterocycles. The van der Waals surface area contributed by atoms with Crippen molar-refractivity contribution in [3.63, 3.8) is 0 Å². The van der Waals surface area contributed by atoms with E-state index in [-0.39, 0.29) is 5.92 Å². The van der Waals surface area contributed by atoms with Crippen LogP contribution in [-0.2, 0) is 11.2 Å². The largest absolute Gasteiger partial charge is 0.497 e. The molecule has 17 heavy (non-hydrogen) atoms. The Hall–Kier alpha value is -1.51. The number of methoxy groups -OCH3 is 1. The first-order valence-electron chi connectivity index (χ1n) is 6.06. The van der Waals surface area contributed by atoms with Crippen molar-refractivity contribution in [3.8, 4) is 5.75 Å². The average molecular weight is 234 g/mol. The van der Waals surface area contributed by atoms with Crippen LogP contribution in [0.25, 0.3) is 0 Å². The quantitative estimate of drug-likeness (QED) is 0.852. The van der Waals surface area contributed by atoms with Gasteiger partial charge in [-0.15, -0.1) is 0 Å². The maximum Gasteiger partial charge on any atom is 0.307 e. The van der Waals surface area contributed by atoms with E-state index in [1.807, 2.05) is 24.3 Å². The lowest BCUT2D eigenvalue weighted by molar-refractivity contribution is -0.144. The molecule has 1 aromatic carbocycles. The fourth-order valence-corrected chi connectivity index (χ4v) is 2.31. The van der Waals surface area contributed by atoms with Crippen molar-refractivity contribution < 1.29 is 14.6 Å². The monoisotopic (exact) mass is 234 g/mol. The molecule has 0 bridgehead atoms. The third-order valence-corrected chi connectivity index (χ3v) is 3.65. The van der Waals surface area contributed by atoms with Crippen LogP contribution in [-0.4, -0.2) is 18.2 Å². The van der Waals surface area contributed by atoms with Gasteiger partial charge in [0.2, 0.25) is 0 Å². The van der Waals surface area contributed by atoms with Crippen molar-refractivity contribution in [2.75, 3.05) is 7.11 Å². The van der Waals surface area contributed by atoms with Crippen molar-refractivity contribution >= 4 is 5.97 Å². The summed E-state index contributed by atoms with van der Waals surface area (Å²) in [5, 5.41) is 9.25. The van der Waals surface area contributed by atoms with E-state index >= 15 is 0 Å². The predicted octanol–water partition coefficient (Wildman–Crippen LogP) is 2.74. The first-order valence-corrected chi connectivity index (χ1v) is 6.06. The first-order chi connectivity index (χ1) is 8.20. The maximum atomic E-state index is 11.2. The number of carboxylic acid groups (broad SMARTS) is 1. The van der Waals surface area contributed by atoms with Gasteiger partial charge in [-0.2, -0.15) is 0 Å². The Bertz CT molecular complexity index is 379. The Kier molecular flexibility index (Phi) is 3.67. The number of ether oxygens (including phenoxy) is 1. The van der Waals surface area contributed by atoms with Crippen LogP contribution in [0.3, 0.4) is 0 Å². The first kappa shape index (κ1) is 12.0. The summed E-state index contributed by atoms with van der Waals surface area (Å²) in [6, 6.07) is 7.67. The van der Waals surface area contributed by atoms with Crippen LogP contribution in [0, 0.1) is 11.8 Å². The molecule has 0 radical (unpaired) electrons.